The fourth-order valence-corrected chi connectivity index (χ4v) is 2.77. The first-order valence-corrected chi connectivity index (χ1v) is 9.68. The van der Waals surface area contributed by atoms with Crippen molar-refractivity contribution in [2.24, 2.45) is 5.10 Å². The molecule has 0 heterocycles. The molecule has 0 atom stereocenters. The van der Waals surface area contributed by atoms with E-state index in [4.69, 9.17) is 16.3 Å². The summed E-state index contributed by atoms with van der Waals surface area (Å²) < 4.78 is 18.6. The number of halogens is 2. The minimum absolute atomic E-state index is 0.226. The van der Waals surface area contributed by atoms with E-state index in [2.05, 4.69) is 15.8 Å². The molecule has 0 saturated heterocycles. The van der Waals surface area contributed by atoms with Crippen molar-refractivity contribution >= 4 is 34.8 Å². The van der Waals surface area contributed by atoms with Gasteiger partial charge in [-0.15, -0.1) is 0 Å². The Morgan fingerprint density at radius 1 is 1.00 bits per heavy atom. The molecule has 0 spiro atoms. The summed E-state index contributed by atoms with van der Waals surface area (Å²) in [6, 6.07) is 19.2. The lowest BCUT2D eigenvalue weighted by atomic mass is 10.1. The van der Waals surface area contributed by atoms with Gasteiger partial charge in [0.2, 0.25) is 0 Å². The third-order valence-electron chi connectivity index (χ3n) is 4.19. The van der Waals surface area contributed by atoms with E-state index >= 15 is 0 Å². The van der Waals surface area contributed by atoms with E-state index < -0.39 is 17.6 Å². The summed E-state index contributed by atoms with van der Waals surface area (Å²) in [5.41, 5.74) is 4.50. The van der Waals surface area contributed by atoms with Gasteiger partial charge in [0.1, 0.15) is 11.6 Å². The van der Waals surface area contributed by atoms with Crippen molar-refractivity contribution in [3.8, 4) is 5.75 Å². The summed E-state index contributed by atoms with van der Waals surface area (Å²) in [5.74, 6) is -0.910. The number of anilines is 1. The zero-order valence-electron chi connectivity index (χ0n) is 16.6. The van der Waals surface area contributed by atoms with Gasteiger partial charge in [-0.2, -0.15) is 5.10 Å². The van der Waals surface area contributed by atoms with Crippen molar-refractivity contribution in [1.29, 1.82) is 0 Å². The van der Waals surface area contributed by atoms with E-state index in [1.807, 2.05) is 0 Å². The molecule has 3 rings (SSSR count). The van der Waals surface area contributed by atoms with Crippen LogP contribution in [-0.4, -0.2) is 24.1 Å². The van der Waals surface area contributed by atoms with Crippen LogP contribution in [0.1, 0.15) is 22.8 Å². The molecule has 6 nitrogen and oxygen atoms in total. The molecule has 0 unspecified atom stereocenters. The van der Waals surface area contributed by atoms with E-state index in [1.54, 1.807) is 55.5 Å². The maximum absolute atomic E-state index is 13.3. The number of hydrazone groups is 1. The van der Waals surface area contributed by atoms with Crippen LogP contribution < -0.4 is 15.5 Å². The molecule has 0 fully saturated rings. The first-order valence-electron chi connectivity index (χ1n) is 9.30. The van der Waals surface area contributed by atoms with Crippen molar-refractivity contribution in [3.63, 3.8) is 0 Å². The van der Waals surface area contributed by atoms with E-state index in [0.29, 0.717) is 22.2 Å². The van der Waals surface area contributed by atoms with Gasteiger partial charge in [-0.05, 0) is 55.0 Å². The Labute approximate surface area is 183 Å². The van der Waals surface area contributed by atoms with Crippen LogP contribution in [0.3, 0.4) is 0 Å². The summed E-state index contributed by atoms with van der Waals surface area (Å²) in [6.07, 6.45) is 0. The topological polar surface area (TPSA) is 79.8 Å². The molecule has 0 aliphatic heterocycles. The monoisotopic (exact) mass is 439 g/mol. The van der Waals surface area contributed by atoms with Crippen LogP contribution in [0.5, 0.6) is 5.75 Å². The summed E-state index contributed by atoms with van der Waals surface area (Å²) in [5, 5.41) is 7.16. The number of para-hydroxylation sites is 1. The minimum Gasteiger partial charge on any atom is -0.482 e. The Hall–Kier alpha value is -3.71. The van der Waals surface area contributed by atoms with Crippen molar-refractivity contribution < 1.29 is 18.7 Å². The lowest BCUT2D eigenvalue weighted by Crippen LogP contribution is -2.25. The fourth-order valence-electron chi connectivity index (χ4n) is 2.58. The second kappa shape index (κ2) is 10.4. The zero-order chi connectivity index (χ0) is 22.2. The number of nitrogens with one attached hydrogen (secondary N) is 2. The number of rotatable bonds is 7. The van der Waals surface area contributed by atoms with E-state index in [-0.39, 0.29) is 12.2 Å². The highest BCUT2D eigenvalue weighted by atomic mass is 35.5. The van der Waals surface area contributed by atoms with Gasteiger partial charge in [0.15, 0.2) is 6.61 Å². The van der Waals surface area contributed by atoms with Gasteiger partial charge in [0.05, 0.1) is 10.7 Å². The molecule has 2 amide bonds. The van der Waals surface area contributed by atoms with E-state index in [9.17, 15) is 14.0 Å². The van der Waals surface area contributed by atoms with Gasteiger partial charge in [-0.3, -0.25) is 9.59 Å². The molecule has 3 aromatic rings. The maximum Gasteiger partial charge on any atom is 0.277 e. The summed E-state index contributed by atoms with van der Waals surface area (Å²) >= 11 is 5.97. The maximum atomic E-state index is 13.3. The van der Waals surface area contributed by atoms with E-state index in [1.165, 1.54) is 24.3 Å². The van der Waals surface area contributed by atoms with Gasteiger partial charge >= 0.3 is 0 Å². The van der Waals surface area contributed by atoms with Crippen LogP contribution in [0, 0.1) is 5.82 Å². The first-order chi connectivity index (χ1) is 14.9. The van der Waals surface area contributed by atoms with Crippen LogP contribution in [0.15, 0.2) is 77.9 Å². The average molecular weight is 440 g/mol. The number of carbonyl (C=O) groups excluding carboxylic acids is 2. The number of carbonyl (C=O) groups is 2. The van der Waals surface area contributed by atoms with Crippen LogP contribution in [0.4, 0.5) is 10.1 Å². The molecule has 0 aliphatic rings. The van der Waals surface area contributed by atoms with Crippen molar-refractivity contribution in [3.05, 3.63) is 94.8 Å². The molecule has 8 heteroatoms. The lowest BCUT2D eigenvalue weighted by Gasteiger charge is -2.08. The Kier molecular flexibility index (Phi) is 7.35. The molecule has 0 saturated carbocycles. The third kappa shape index (κ3) is 6.38. The molecule has 0 bridgehead atoms. The fraction of sp³-hybridized carbons (Fsp3) is 0.0870. The molecule has 3 aromatic carbocycles. The molecule has 0 aromatic heterocycles. The number of amides is 2. The summed E-state index contributed by atoms with van der Waals surface area (Å²) in [7, 11) is 0. The first kappa shape index (κ1) is 22.0. The highest BCUT2D eigenvalue weighted by molar-refractivity contribution is 6.32. The van der Waals surface area contributed by atoms with Gasteiger partial charge < -0.3 is 10.1 Å². The Morgan fingerprint density at radius 2 is 1.74 bits per heavy atom. The van der Waals surface area contributed by atoms with Gasteiger partial charge in [0.25, 0.3) is 11.8 Å². The molecule has 0 aliphatic carbocycles. The standard InChI is InChI=1S/C23H19ClFN3O3/c1-15(27-28-22(29)14-31-21-8-3-2-7-20(21)24)16-9-11-19(12-10-16)26-23(30)17-5-4-6-18(25)13-17/h2-13H,14H2,1H3,(H,26,30)(H,28,29). The summed E-state index contributed by atoms with van der Waals surface area (Å²) in [6.45, 7) is 1.50. The minimum atomic E-state index is -0.478. The molecule has 2 N–H and O–H groups in total. The highest BCUT2D eigenvalue weighted by Gasteiger charge is 2.08. The number of hydrogen-bond acceptors (Lipinski definition) is 4. The Balaban J connectivity index is 1.53. The van der Waals surface area contributed by atoms with E-state index in [0.717, 1.165) is 5.56 Å². The molecular weight excluding hydrogens is 421 g/mol. The highest BCUT2D eigenvalue weighted by Crippen LogP contribution is 2.22. The third-order valence-corrected chi connectivity index (χ3v) is 4.50. The number of hydrogen-bond donors (Lipinski definition) is 2. The predicted molar refractivity (Wildman–Crippen MR) is 118 cm³/mol. The zero-order valence-corrected chi connectivity index (χ0v) is 17.3. The summed E-state index contributed by atoms with van der Waals surface area (Å²) in [4.78, 5) is 24.1. The predicted octanol–water partition coefficient (Wildman–Crippen LogP) is 4.65. The van der Waals surface area contributed by atoms with Crippen molar-refractivity contribution in [2.45, 2.75) is 6.92 Å². The number of nitrogens with zero attached hydrogens (tertiary/aromatic N) is 1. The van der Waals surface area contributed by atoms with Crippen molar-refractivity contribution in [1.82, 2.24) is 5.43 Å². The normalized spacial score (nSPS) is 11.0. The molecular formula is C23H19ClFN3O3. The lowest BCUT2D eigenvalue weighted by molar-refractivity contribution is -0.123. The quantitative estimate of drug-likeness (QED) is 0.415. The van der Waals surface area contributed by atoms with Gasteiger partial charge in [-0.25, -0.2) is 9.82 Å². The van der Waals surface area contributed by atoms with Gasteiger partial charge in [-0.1, -0.05) is 41.9 Å². The number of ether oxygens (including phenoxy) is 1. The van der Waals surface area contributed by atoms with Crippen LogP contribution in [0.2, 0.25) is 5.02 Å². The van der Waals surface area contributed by atoms with Gasteiger partial charge in [0, 0.05) is 11.3 Å². The number of benzene rings is 3. The Morgan fingerprint density at radius 3 is 2.45 bits per heavy atom. The second-order valence-electron chi connectivity index (χ2n) is 6.49. The molecule has 31 heavy (non-hydrogen) atoms. The van der Waals surface area contributed by atoms with Crippen LogP contribution in [-0.2, 0) is 4.79 Å². The molecule has 0 radical (unpaired) electrons. The van der Waals surface area contributed by atoms with Crippen molar-refractivity contribution in [2.75, 3.05) is 11.9 Å². The SMILES string of the molecule is CC(=NNC(=O)COc1ccccc1Cl)c1ccc(NC(=O)c2cccc(F)c2)cc1. The largest absolute Gasteiger partial charge is 0.482 e. The Bertz CT molecular complexity index is 1120. The second-order valence-corrected chi connectivity index (χ2v) is 6.90. The smallest absolute Gasteiger partial charge is 0.277 e. The van der Waals surface area contributed by atoms with Crippen LogP contribution >= 0.6 is 11.6 Å². The van der Waals surface area contributed by atoms with Crippen LogP contribution in [0.25, 0.3) is 0 Å². The average Bonchev–Trinajstić information content (AvgIpc) is 2.77. The molecule has 158 valence electrons.